The first-order valence-electron chi connectivity index (χ1n) is 9.08. The average molecular weight is 367 g/mol. The highest BCUT2D eigenvalue weighted by Gasteiger charge is 2.21. The number of aryl methyl sites for hydroxylation is 3. The average Bonchev–Trinajstić information content (AvgIpc) is 2.64. The van der Waals surface area contributed by atoms with Gasteiger partial charge in [0.1, 0.15) is 17.3 Å². The highest BCUT2D eigenvalue weighted by molar-refractivity contribution is 6.03. The Labute approximate surface area is 159 Å². The number of nitrogens with one attached hydrogen (secondary N) is 1. The van der Waals surface area contributed by atoms with Gasteiger partial charge in [-0.1, -0.05) is 12.1 Å². The van der Waals surface area contributed by atoms with Gasteiger partial charge in [-0.3, -0.25) is 9.59 Å². The van der Waals surface area contributed by atoms with Gasteiger partial charge in [-0.2, -0.15) is 0 Å². The molecule has 27 heavy (non-hydrogen) atoms. The molecule has 0 saturated carbocycles. The second-order valence-corrected chi connectivity index (χ2v) is 6.92. The van der Waals surface area contributed by atoms with Crippen molar-refractivity contribution in [1.29, 1.82) is 0 Å². The number of carbonyl (C=O) groups excluding carboxylic acids is 2. The van der Waals surface area contributed by atoms with Crippen molar-refractivity contribution in [2.75, 3.05) is 36.4 Å². The number of nitrogens with zero attached hydrogens (tertiary/aromatic N) is 4. The van der Waals surface area contributed by atoms with Gasteiger partial charge in [0.2, 0.25) is 5.91 Å². The predicted molar refractivity (Wildman–Crippen MR) is 105 cm³/mol. The Morgan fingerprint density at radius 1 is 1.00 bits per heavy atom. The summed E-state index contributed by atoms with van der Waals surface area (Å²) in [5.41, 5.74) is 3.21. The van der Waals surface area contributed by atoms with Gasteiger partial charge >= 0.3 is 0 Å². The van der Waals surface area contributed by atoms with Crippen LogP contribution in [0.3, 0.4) is 0 Å². The summed E-state index contributed by atoms with van der Waals surface area (Å²) < 4.78 is 0. The molecule has 1 saturated heterocycles. The van der Waals surface area contributed by atoms with Gasteiger partial charge < -0.3 is 15.1 Å². The molecular weight excluding hydrogens is 342 g/mol. The van der Waals surface area contributed by atoms with E-state index in [2.05, 4.69) is 20.2 Å². The standard InChI is InChI=1S/C20H25N5O2/c1-13-5-6-14(2)17(11-13)23-20(27)18-12-19(22-15(3)21-18)25-9-7-24(8-10-25)16(4)26/h5-6,11-12H,7-10H2,1-4H3,(H,23,27). The maximum Gasteiger partial charge on any atom is 0.274 e. The fourth-order valence-electron chi connectivity index (χ4n) is 3.14. The number of amides is 2. The van der Waals surface area contributed by atoms with Crippen LogP contribution in [-0.2, 0) is 4.79 Å². The normalized spacial score (nSPS) is 14.2. The first-order valence-corrected chi connectivity index (χ1v) is 9.08. The second-order valence-electron chi connectivity index (χ2n) is 6.92. The van der Waals surface area contributed by atoms with Crippen molar-refractivity contribution >= 4 is 23.3 Å². The number of piperazine rings is 1. The van der Waals surface area contributed by atoms with Crippen molar-refractivity contribution in [3.8, 4) is 0 Å². The van der Waals surface area contributed by atoms with Crippen LogP contribution in [0.15, 0.2) is 24.3 Å². The molecule has 0 aliphatic carbocycles. The Bertz CT molecular complexity index is 873. The van der Waals surface area contributed by atoms with Crippen molar-refractivity contribution in [1.82, 2.24) is 14.9 Å². The zero-order valence-electron chi connectivity index (χ0n) is 16.2. The third kappa shape index (κ3) is 4.42. The summed E-state index contributed by atoms with van der Waals surface area (Å²) in [5.74, 6) is 1.10. The highest BCUT2D eigenvalue weighted by Crippen LogP contribution is 2.19. The largest absolute Gasteiger partial charge is 0.353 e. The van der Waals surface area contributed by atoms with Crippen LogP contribution in [0, 0.1) is 20.8 Å². The van der Waals surface area contributed by atoms with E-state index in [9.17, 15) is 9.59 Å². The minimum Gasteiger partial charge on any atom is -0.353 e. The van der Waals surface area contributed by atoms with Crippen LogP contribution in [0.5, 0.6) is 0 Å². The molecule has 1 fully saturated rings. The smallest absolute Gasteiger partial charge is 0.274 e. The molecule has 0 radical (unpaired) electrons. The molecule has 0 bridgehead atoms. The summed E-state index contributed by atoms with van der Waals surface area (Å²) in [5, 5.41) is 2.95. The van der Waals surface area contributed by atoms with Crippen LogP contribution in [0.25, 0.3) is 0 Å². The lowest BCUT2D eigenvalue weighted by Crippen LogP contribution is -2.48. The quantitative estimate of drug-likeness (QED) is 0.901. The summed E-state index contributed by atoms with van der Waals surface area (Å²) in [4.78, 5) is 36.9. The summed E-state index contributed by atoms with van der Waals surface area (Å²) >= 11 is 0. The molecule has 7 nitrogen and oxygen atoms in total. The van der Waals surface area contributed by atoms with E-state index in [1.165, 1.54) is 0 Å². The summed E-state index contributed by atoms with van der Waals surface area (Å²) in [6, 6.07) is 7.66. The first-order chi connectivity index (χ1) is 12.8. The molecule has 1 aliphatic heterocycles. The molecule has 1 aromatic heterocycles. The monoisotopic (exact) mass is 367 g/mol. The lowest BCUT2D eigenvalue weighted by atomic mass is 10.1. The van der Waals surface area contributed by atoms with Crippen molar-refractivity contribution < 1.29 is 9.59 Å². The Hall–Kier alpha value is -2.96. The summed E-state index contributed by atoms with van der Waals surface area (Å²) in [6.45, 7) is 10.0. The third-order valence-corrected chi connectivity index (χ3v) is 4.75. The molecule has 1 aromatic carbocycles. The summed E-state index contributed by atoms with van der Waals surface area (Å²) in [6.07, 6.45) is 0. The molecule has 0 atom stereocenters. The van der Waals surface area contributed by atoms with Crippen molar-refractivity contribution in [3.05, 3.63) is 46.9 Å². The second kappa shape index (κ2) is 7.73. The SMILES string of the molecule is CC(=O)N1CCN(c2cc(C(=O)Nc3cc(C)ccc3C)nc(C)n2)CC1. The van der Waals surface area contributed by atoms with Crippen LogP contribution in [-0.4, -0.2) is 52.9 Å². The van der Waals surface area contributed by atoms with E-state index in [0.717, 1.165) is 22.6 Å². The number of benzene rings is 1. The van der Waals surface area contributed by atoms with Gasteiger partial charge in [-0.05, 0) is 38.0 Å². The molecule has 142 valence electrons. The molecular formula is C20H25N5O2. The molecule has 2 aromatic rings. The van der Waals surface area contributed by atoms with Crippen molar-refractivity contribution in [2.24, 2.45) is 0 Å². The lowest BCUT2D eigenvalue weighted by molar-refractivity contribution is -0.129. The topological polar surface area (TPSA) is 78.4 Å². The minimum absolute atomic E-state index is 0.0853. The van der Waals surface area contributed by atoms with Crippen LogP contribution in [0.2, 0.25) is 0 Å². The number of aromatic nitrogens is 2. The predicted octanol–water partition coefficient (Wildman–Crippen LogP) is 2.32. The zero-order valence-corrected chi connectivity index (χ0v) is 16.2. The molecule has 2 heterocycles. The lowest BCUT2D eigenvalue weighted by Gasteiger charge is -2.35. The van der Waals surface area contributed by atoms with Gasteiger partial charge in [0.05, 0.1) is 0 Å². The summed E-state index contributed by atoms with van der Waals surface area (Å²) in [7, 11) is 0. The van der Waals surface area contributed by atoms with E-state index in [-0.39, 0.29) is 11.8 Å². The maximum absolute atomic E-state index is 12.7. The Morgan fingerprint density at radius 2 is 1.70 bits per heavy atom. The van der Waals surface area contributed by atoms with E-state index in [4.69, 9.17) is 0 Å². The number of rotatable bonds is 3. The van der Waals surface area contributed by atoms with Gasteiger partial charge in [0, 0.05) is 44.9 Å². The van der Waals surface area contributed by atoms with Crippen LogP contribution in [0.4, 0.5) is 11.5 Å². The fraction of sp³-hybridized carbons (Fsp3) is 0.400. The Balaban J connectivity index is 1.78. The maximum atomic E-state index is 12.7. The third-order valence-electron chi connectivity index (χ3n) is 4.75. The van der Waals surface area contributed by atoms with E-state index < -0.39 is 0 Å². The Morgan fingerprint density at radius 3 is 2.37 bits per heavy atom. The molecule has 2 amide bonds. The van der Waals surface area contributed by atoms with Crippen molar-refractivity contribution in [3.63, 3.8) is 0 Å². The van der Waals surface area contributed by atoms with Crippen LogP contribution >= 0.6 is 0 Å². The fourth-order valence-corrected chi connectivity index (χ4v) is 3.14. The van der Waals surface area contributed by atoms with E-state index in [1.54, 1.807) is 19.9 Å². The number of hydrogen-bond donors (Lipinski definition) is 1. The van der Waals surface area contributed by atoms with E-state index in [1.807, 2.05) is 36.9 Å². The van der Waals surface area contributed by atoms with Gasteiger partial charge in [-0.25, -0.2) is 9.97 Å². The molecule has 0 spiro atoms. The molecule has 1 N–H and O–H groups in total. The van der Waals surface area contributed by atoms with Gasteiger partial charge in [-0.15, -0.1) is 0 Å². The van der Waals surface area contributed by atoms with E-state index in [0.29, 0.717) is 37.7 Å². The van der Waals surface area contributed by atoms with Gasteiger partial charge in [0.25, 0.3) is 5.91 Å². The first kappa shape index (κ1) is 18.8. The number of carbonyl (C=O) groups is 2. The minimum atomic E-state index is -0.252. The number of hydrogen-bond acceptors (Lipinski definition) is 5. The number of anilines is 2. The highest BCUT2D eigenvalue weighted by atomic mass is 16.2. The molecule has 0 unspecified atom stereocenters. The van der Waals surface area contributed by atoms with E-state index >= 15 is 0 Å². The molecule has 1 aliphatic rings. The van der Waals surface area contributed by atoms with Crippen LogP contribution < -0.4 is 10.2 Å². The zero-order chi connectivity index (χ0) is 19.6. The van der Waals surface area contributed by atoms with Crippen molar-refractivity contribution in [2.45, 2.75) is 27.7 Å². The van der Waals surface area contributed by atoms with Gasteiger partial charge in [0.15, 0.2) is 0 Å². The molecule has 7 heteroatoms. The van der Waals surface area contributed by atoms with Crippen LogP contribution in [0.1, 0.15) is 34.4 Å². The Kier molecular flexibility index (Phi) is 5.39. The molecule has 3 rings (SSSR count).